The molecule has 1 amide bonds. The number of hydrogen-bond acceptors (Lipinski definition) is 8. The molecule has 9 nitrogen and oxygen atoms in total. The number of carbonyl (C=O) groups is 1. The van der Waals surface area contributed by atoms with E-state index < -0.39 is 0 Å². The lowest BCUT2D eigenvalue weighted by molar-refractivity contribution is 0.0827. The molecule has 0 spiro atoms. The maximum Gasteiger partial charge on any atom is 0.253 e. The molecule has 2 N–H and O–H groups in total. The molecule has 9 heteroatoms. The number of nitrogens with zero attached hydrogens (tertiary/aromatic N) is 5. The summed E-state index contributed by atoms with van der Waals surface area (Å²) in [6.45, 7) is 4.84. The van der Waals surface area contributed by atoms with Gasteiger partial charge in [0.25, 0.3) is 5.91 Å². The van der Waals surface area contributed by atoms with Gasteiger partial charge in [0, 0.05) is 63.1 Å². The van der Waals surface area contributed by atoms with E-state index >= 15 is 0 Å². The van der Waals surface area contributed by atoms with Crippen LogP contribution in [0.25, 0.3) is 0 Å². The number of ether oxygens (including phenoxy) is 1. The molecule has 1 saturated heterocycles. The molecule has 35 heavy (non-hydrogen) atoms. The number of anilines is 5. The van der Waals surface area contributed by atoms with Gasteiger partial charge < -0.3 is 29.9 Å². The number of carbonyl (C=O) groups excluding carboxylic acids is 1. The van der Waals surface area contributed by atoms with Crippen LogP contribution in [0.15, 0.2) is 48.7 Å². The minimum Gasteiger partial charge on any atom is -0.392 e. The third-order valence-corrected chi connectivity index (χ3v) is 6.01. The number of rotatable bonds is 7. The van der Waals surface area contributed by atoms with Gasteiger partial charge in [-0.25, -0.2) is 4.98 Å². The van der Waals surface area contributed by atoms with Crippen molar-refractivity contribution in [3.05, 3.63) is 65.4 Å². The third kappa shape index (κ3) is 5.70. The zero-order chi connectivity index (χ0) is 24.9. The molecule has 0 atom stereocenters. The molecule has 3 aromatic rings. The zero-order valence-electron chi connectivity index (χ0n) is 20.7. The number of aliphatic hydroxyl groups is 1. The standard InChI is InChI=1S/C26H32N6O3/c1-18-5-6-19(17-33)13-23(18)31(4)24-7-8-27-26(29-24)28-21-14-20(25(34)30(2)3)15-22(16-21)32-9-11-35-12-10-32/h5-8,13-16,33H,9-12,17H2,1-4H3,(H,27,28,29). The Morgan fingerprint density at radius 1 is 1.11 bits per heavy atom. The van der Waals surface area contributed by atoms with E-state index in [1.165, 1.54) is 0 Å². The molecule has 1 fully saturated rings. The lowest BCUT2D eigenvalue weighted by Gasteiger charge is -2.29. The molecule has 184 valence electrons. The van der Waals surface area contributed by atoms with Crippen LogP contribution < -0.4 is 15.1 Å². The zero-order valence-corrected chi connectivity index (χ0v) is 20.7. The second-order valence-electron chi connectivity index (χ2n) is 8.77. The largest absolute Gasteiger partial charge is 0.392 e. The van der Waals surface area contributed by atoms with Crippen LogP contribution in [0.1, 0.15) is 21.5 Å². The van der Waals surface area contributed by atoms with Gasteiger partial charge in [-0.15, -0.1) is 0 Å². The summed E-state index contributed by atoms with van der Waals surface area (Å²) in [7, 11) is 5.42. The van der Waals surface area contributed by atoms with Gasteiger partial charge in [0.1, 0.15) is 5.82 Å². The number of amides is 1. The molecule has 1 aliphatic heterocycles. The van der Waals surface area contributed by atoms with E-state index in [0.29, 0.717) is 30.5 Å². The molecule has 0 aliphatic carbocycles. The molecule has 0 saturated carbocycles. The molecule has 2 heterocycles. The summed E-state index contributed by atoms with van der Waals surface area (Å²) in [5.41, 5.74) is 5.14. The quantitative estimate of drug-likeness (QED) is 0.536. The van der Waals surface area contributed by atoms with E-state index in [-0.39, 0.29) is 12.5 Å². The molecule has 2 aromatic carbocycles. The number of morpholine rings is 1. The van der Waals surface area contributed by atoms with Crippen molar-refractivity contribution < 1.29 is 14.6 Å². The number of hydrogen-bond donors (Lipinski definition) is 2. The summed E-state index contributed by atoms with van der Waals surface area (Å²) >= 11 is 0. The summed E-state index contributed by atoms with van der Waals surface area (Å²) in [5, 5.41) is 12.8. The van der Waals surface area contributed by atoms with Gasteiger partial charge in [-0.3, -0.25) is 4.79 Å². The normalized spacial score (nSPS) is 13.5. The fourth-order valence-corrected chi connectivity index (χ4v) is 4.03. The first-order chi connectivity index (χ1) is 16.9. The van der Waals surface area contributed by atoms with Crippen molar-refractivity contribution in [2.24, 2.45) is 0 Å². The highest BCUT2D eigenvalue weighted by atomic mass is 16.5. The predicted molar refractivity (Wildman–Crippen MR) is 138 cm³/mol. The van der Waals surface area contributed by atoms with Crippen LogP contribution in [0.5, 0.6) is 0 Å². The van der Waals surface area contributed by atoms with Crippen molar-refractivity contribution in [2.75, 3.05) is 62.6 Å². The molecule has 4 rings (SSSR count). The molecule has 1 aromatic heterocycles. The van der Waals surface area contributed by atoms with Gasteiger partial charge in [0.2, 0.25) is 5.95 Å². The lowest BCUT2D eigenvalue weighted by Crippen LogP contribution is -2.36. The van der Waals surface area contributed by atoms with Crippen LogP contribution in [0.3, 0.4) is 0 Å². The van der Waals surface area contributed by atoms with Crippen LogP contribution >= 0.6 is 0 Å². The van der Waals surface area contributed by atoms with Gasteiger partial charge in [0.05, 0.1) is 19.8 Å². The SMILES string of the molecule is Cc1ccc(CO)cc1N(C)c1ccnc(Nc2cc(C(=O)N(C)C)cc(N3CCOCC3)c2)n1. The first kappa shape index (κ1) is 24.4. The van der Waals surface area contributed by atoms with Crippen molar-refractivity contribution in [3.63, 3.8) is 0 Å². The Bertz CT molecular complexity index is 1190. The Hall–Kier alpha value is -3.69. The fraction of sp³-hybridized carbons (Fsp3) is 0.346. The number of aliphatic hydroxyl groups excluding tert-OH is 1. The summed E-state index contributed by atoms with van der Waals surface area (Å²) in [6, 6.07) is 13.4. The number of aromatic nitrogens is 2. The Kier molecular flexibility index (Phi) is 7.48. The van der Waals surface area contributed by atoms with Gasteiger partial charge in [-0.2, -0.15) is 4.98 Å². The van der Waals surface area contributed by atoms with Gasteiger partial charge in [0.15, 0.2) is 0 Å². The first-order valence-electron chi connectivity index (χ1n) is 11.6. The van der Waals surface area contributed by atoms with E-state index in [1.54, 1.807) is 25.2 Å². The Balaban J connectivity index is 1.64. The highest BCUT2D eigenvalue weighted by molar-refractivity contribution is 5.96. The summed E-state index contributed by atoms with van der Waals surface area (Å²) in [6.07, 6.45) is 1.70. The lowest BCUT2D eigenvalue weighted by atomic mass is 10.1. The fourth-order valence-electron chi connectivity index (χ4n) is 4.03. The summed E-state index contributed by atoms with van der Waals surface area (Å²) in [4.78, 5) is 27.6. The van der Waals surface area contributed by atoms with Gasteiger partial charge >= 0.3 is 0 Å². The second kappa shape index (κ2) is 10.7. The molecular formula is C26H32N6O3. The maximum absolute atomic E-state index is 12.8. The van der Waals surface area contributed by atoms with E-state index in [1.807, 2.05) is 61.3 Å². The molecular weight excluding hydrogens is 444 g/mol. The molecule has 1 aliphatic rings. The average molecular weight is 477 g/mol. The Morgan fingerprint density at radius 3 is 2.60 bits per heavy atom. The van der Waals surface area contributed by atoms with E-state index in [4.69, 9.17) is 9.72 Å². The smallest absolute Gasteiger partial charge is 0.253 e. The van der Waals surface area contributed by atoms with Crippen LogP contribution in [0.2, 0.25) is 0 Å². The second-order valence-corrected chi connectivity index (χ2v) is 8.77. The molecule has 0 radical (unpaired) electrons. The third-order valence-electron chi connectivity index (χ3n) is 6.01. The highest BCUT2D eigenvalue weighted by Crippen LogP contribution is 2.29. The number of benzene rings is 2. The number of aryl methyl sites for hydroxylation is 1. The van der Waals surface area contributed by atoms with Crippen LogP contribution in [-0.4, -0.2) is 73.3 Å². The van der Waals surface area contributed by atoms with Crippen LogP contribution in [0, 0.1) is 6.92 Å². The van der Waals surface area contributed by atoms with Crippen molar-refractivity contribution in [2.45, 2.75) is 13.5 Å². The summed E-state index contributed by atoms with van der Waals surface area (Å²) in [5.74, 6) is 1.05. The Labute approximate surface area is 206 Å². The van der Waals surface area contributed by atoms with E-state index in [9.17, 15) is 9.90 Å². The Morgan fingerprint density at radius 2 is 1.89 bits per heavy atom. The van der Waals surface area contributed by atoms with Crippen molar-refractivity contribution >= 4 is 34.7 Å². The molecule has 0 bridgehead atoms. The number of nitrogens with one attached hydrogen (secondary N) is 1. The average Bonchev–Trinajstić information content (AvgIpc) is 2.88. The van der Waals surface area contributed by atoms with Gasteiger partial charge in [-0.1, -0.05) is 12.1 Å². The predicted octanol–water partition coefficient (Wildman–Crippen LogP) is 3.33. The topological polar surface area (TPSA) is 94.1 Å². The van der Waals surface area contributed by atoms with Crippen LogP contribution in [0.4, 0.5) is 28.8 Å². The van der Waals surface area contributed by atoms with Gasteiger partial charge in [-0.05, 0) is 48.4 Å². The monoisotopic (exact) mass is 476 g/mol. The maximum atomic E-state index is 12.8. The first-order valence-corrected chi connectivity index (χ1v) is 11.6. The van der Waals surface area contributed by atoms with Crippen molar-refractivity contribution in [3.8, 4) is 0 Å². The minimum absolute atomic E-state index is 0.0226. The minimum atomic E-state index is -0.0724. The summed E-state index contributed by atoms with van der Waals surface area (Å²) < 4.78 is 5.49. The molecule has 0 unspecified atom stereocenters. The van der Waals surface area contributed by atoms with Crippen LogP contribution in [-0.2, 0) is 11.3 Å². The van der Waals surface area contributed by atoms with Crippen molar-refractivity contribution in [1.29, 1.82) is 0 Å². The van der Waals surface area contributed by atoms with E-state index in [2.05, 4.69) is 15.2 Å². The highest BCUT2D eigenvalue weighted by Gasteiger charge is 2.17. The van der Waals surface area contributed by atoms with E-state index in [0.717, 1.165) is 41.3 Å². The van der Waals surface area contributed by atoms with Crippen molar-refractivity contribution in [1.82, 2.24) is 14.9 Å².